The van der Waals surface area contributed by atoms with Crippen molar-refractivity contribution < 1.29 is 22.4 Å². The van der Waals surface area contributed by atoms with Crippen LogP contribution in [0.3, 0.4) is 0 Å². The van der Waals surface area contributed by atoms with Crippen LogP contribution in [0.2, 0.25) is 5.02 Å². The van der Waals surface area contributed by atoms with Crippen LogP contribution in [0.5, 0.6) is 0 Å². The van der Waals surface area contributed by atoms with E-state index in [0.29, 0.717) is 23.6 Å². The van der Waals surface area contributed by atoms with Gasteiger partial charge in [0.15, 0.2) is 0 Å². The summed E-state index contributed by atoms with van der Waals surface area (Å²) in [5, 5.41) is 3.19. The lowest BCUT2D eigenvalue weighted by atomic mass is 10.0. The van der Waals surface area contributed by atoms with E-state index >= 15 is 0 Å². The summed E-state index contributed by atoms with van der Waals surface area (Å²) >= 11 is 6.26. The second-order valence-corrected chi connectivity index (χ2v) is 12.7. The normalized spacial score (nSPS) is 11.9. The lowest BCUT2D eigenvalue weighted by molar-refractivity contribution is -0.140. The van der Waals surface area contributed by atoms with E-state index in [1.54, 1.807) is 30.3 Å². The topological polar surface area (TPSA) is 86.8 Å². The Morgan fingerprint density at radius 3 is 2.20 bits per heavy atom. The van der Waals surface area contributed by atoms with Gasteiger partial charge in [-0.2, -0.15) is 0 Å². The van der Waals surface area contributed by atoms with E-state index in [-0.39, 0.29) is 29.5 Å². The lowest BCUT2D eigenvalue weighted by Crippen LogP contribution is -2.53. The van der Waals surface area contributed by atoms with Gasteiger partial charge in [-0.25, -0.2) is 12.8 Å². The zero-order chi connectivity index (χ0) is 31.7. The average Bonchev–Trinajstić information content (AvgIpc) is 3.01. The summed E-state index contributed by atoms with van der Waals surface area (Å²) in [5.74, 6) is -1.43. The highest BCUT2D eigenvalue weighted by atomic mass is 35.5. The average molecular weight is 636 g/mol. The SMILES string of the molecule is CCCNC(=O)[C@@H](Cc1ccccc1)N(Cc1ccc(F)cc1)C(=O)CN(c1cccc(Cl)c1)S(=O)(=O)c1ccc(C)cc1. The molecule has 0 unspecified atom stereocenters. The van der Waals surface area contributed by atoms with Crippen LogP contribution in [-0.4, -0.2) is 44.3 Å². The van der Waals surface area contributed by atoms with E-state index in [2.05, 4.69) is 5.32 Å². The standard InChI is InChI=1S/C34H35ClFN3O4S/c1-3-20-37-34(41)32(21-26-8-5-4-6-9-26)38(23-27-14-16-29(36)17-15-27)33(40)24-39(30-11-7-10-28(35)22-30)44(42,43)31-18-12-25(2)13-19-31/h4-19,22,32H,3,20-21,23-24H2,1-2H3,(H,37,41)/t32-/m1/s1. The number of nitrogens with one attached hydrogen (secondary N) is 1. The van der Waals surface area contributed by atoms with E-state index in [0.717, 1.165) is 15.4 Å². The zero-order valence-electron chi connectivity index (χ0n) is 24.6. The van der Waals surface area contributed by atoms with Gasteiger partial charge in [0.1, 0.15) is 18.4 Å². The van der Waals surface area contributed by atoms with Gasteiger partial charge in [-0.1, -0.05) is 84.8 Å². The summed E-state index contributed by atoms with van der Waals surface area (Å²) in [6.07, 6.45) is 0.873. The number of rotatable bonds is 13. The second kappa shape index (κ2) is 15.0. The number of aryl methyl sites for hydroxylation is 1. The Kier molecular flexibility index (Phi) is 11.1. The Balaban J connectivity index is 1.79. The molecule has 2 amide bonds. The molecular formula is C34H35ClFN3O4S. The van der Waals surface area contributed by atoms with Crippen molar-refractivity contribution in [1.82, 2.24) is 10.2 Å². The first-order valence-corrected chi connectivity index (χ1v) is 16.1. The molecule has 0 aliphatic rings. The van der Waals surface area contributed by atoms with Crippen LogP contribution >= 0.6 is 11.6 Å². The van der Waals surface area contributed by atoms with Crippen LogP contribution in [0.4, 0.5) is 10.1 Å². The van der Waals surface area contributed by atoms with Crippen LogP contribution in [0.25, 0.3) is 0 Å². The molecule has 44 heavy (non-hydrogen) atoms. The molecule has 0 aliphatic heterocycles. The molecule has 0 heterocycles. The Labute approximate surface area is 263 Å². The van der Waals surface area contributed by atoms with Gasteiger partial charge in [0.25, 0.3) is 10.0 Å². The maximum atomic E-state index is 14.4. The number of anilines is 1. The van der Waals surface area contributed by atoms with E-state index in [1.165, 1.54) is 47.4 Å². The molecule has 0 fully saturated rings. The fourth-order valence-corrected chi connectivity index (χ4v) is 6.29. The Hall–Kier alpha value is -4.21. The Bertz CT molecular complexity index is 1670. The maximum Gasteiger partial charge on any atom is 0.264 e. The first-order valence-electron chi connectivity index (χ1n) is 14.3. The fraction of sp³-hybridized carbons (Fsp3) is 0.235. The van der Waals surface area contributed by atoms with Crippen molar-refractivity contribution in [3.63, 3.8) is 0 Å². The molecular weight excluding hydrogens is 601 g/mol. The van der Waals surface area contributed by atoms with Gasteiger partial charge in [0, 0.05) is 24.5 Å². The molecule has 0 radical (unpaired) electrons. The Morgan fingerprint density at radius 1 is 0.886 bits per heavy atom. The number of sulfonamides is 1. The van der Waals surface area contributed by atoms with Crippen molar-refractivity contribution in [2.75, 3.05) is 17.4 Å². The third kappa shape index (κ3) is 8.45. The molecule has 0 saturated carbocycles. The predicted molar refractivity (Wildman–Crippen MR) is 171 cm³/mol. The van der Waals surface area contributed by atoms with Gasteiger partial charge in [0.05, 0.1) is 10.6 Å². The molecule has 1 N–H and O–H groups in total. The van der Waals surface area contributed by atoms with Crippen LogP contribution in [-0.2, 0) is 32.6 Å². The first kappa shape index (κ1) is 32.7. The van der Waals surface area contributed by atoms with E-state index in [9.17, 15) is 22.4 Å². The largest absolute Gasteiger partial charge is 0.354 e. The van der Waals surface area contributed by atoms with Crippen LogP contribution < -0.4 is 9.62 Å². The summed E-state index contributed by atoms with van der Waals surface area (Å²) in [6.45, 7) is 3.51. The van der Waals surface area contributed by atoms with Gasteiger partial charge in [-0.3, -0.25) is 13.9 Å². The summed E-state index contributed by atoms with van der Waals surface area (Å²) < 4.78 is 42.9. The van der Waals surface area contributed by atoms with Crippen molar-refractivity contribution in [2.24, 2.45) is 0 Å². The van der Waals surface area contributed by atoms with Crippen molar-refractivity contribution in [1.29, 1.82) is 0 Å². The molecule has 0 bridgehead atoms. The molecule has 0 aromatic heterocycles. The number of carbonyl (C=O) groups excluding carboxylic acids is 2. The smallest absolute Gasteiger partial charge is 0.264 e. The van der Waals surface area contributed by atoms with E-state index in [4.69, 9.17) is 11.6 Å². The summed E-state index contributed by atoms with van der Waals surface area (Å²) in [7, 11) is -4.24. The highest BCUT2D eigenvalue weighted by molar-refractivity contribution is 7.92. The van der Waals surface area contributed by atoms with Crippen molar-refractivity contribution in [3.05, 3.63) is 131 Å². The third-order valence-corrected chi connectivity index (χ3v) is 9.09. The number of hydrogen-bond donors (Lipinski definition) is 1. The number of amides is 2. The molecule has 4 aromatic rings. The molecule has 10 heteroatoms. The van der Waals surface area contributed by atoms with E-state index < -0.39 is 34.3 Å². The van der Waals surface area contributed by atoms with Crippen LogP contribution in [0.1, 0.15) is 30.0 Å². The quantitative estimate of drug-likeness (QED) is 0.191. The highest BCUT2D eigenvalue weighted by Gasteiger charge is 2.34. The third-order valence-electron chi connectivity index (χ3n) is 7.07. The van der Waals surface area contributed by atoms with Crippen molar-refractivity contribution in [2.45, 2.75) is 44.2 Å². The molecule has 1 atom stereocenters. The molecule has 7 nitrogen and oxygen atoms in total. The van der Waals surface area contributed by atoms with Crippen LogP contribution in [0, 0.1) is 12.7 Å². The molecule has 0 saturated heterocycles. The lowest BCUT2D eigenvalue weighted by Gasteiger charge is -2.34. The summed E-state index contributed by atoms with van der Waals surface area (Å²) in [4.78, 5) is 29.4. The Morgan fingerprint density at radius 2 is 1.57 bits per heavy atom. The van der Waals surface area contributed by atoms with Gasteiger partial charge >= 0.3 is 0 Å². The predicted octanol–water partition coefficient (Wildman–Crippen LogP) is 6.15. The molecule has 4 rings (SSSR count). The van der Waals surface area contributed by atoms with Gasteiger partial charge < -0.3 is 10.2 Å². The minimum atomic E-state index is -4.24. The van der Waals surface area contributed by atoms with Gasteiger partial charge in [0.2, 0.25) is 11.8 Å². The second-order valence-electron chi connectivity index (χ2n) is 10.4. The van der Waals surface area contributed by atoms with Crippen LogP contribution in [0.15, 0.2) is 108 Å². The van der Waals surface area contributed by atoms with Crippen molar-refractivity contribution >= 4 is 39.1 Å². The molecule has 230 valence electrons. The summed E-state index contributed by atoms with van der Waals surface area (Å²) in [5.41, 5.74) is 2.47. The van der Waals surface area contributed by atoms with Gasteiger partial charge in [-0.05, 0) is 66.9 Å². The monoisotopic (exact) mass is 635 g/mol. The molecule has 0 spiro atoms. The number of hydrogen-bond acceptors (Lipinski definition) is 4. The summed E-state index contributed by atoms with van der Waals surface area (Å²) in [6, 6.07) is 26.5. The molecule has 4 aromatic carbocycles. The first-order chi connectivity index (χ1) is 21.1. The van der Waals surface area contributed by atoms with E-state index in [1.807, 2.05) is 44.2 Å². The number of benzene rings is 4. The minimum Gasteiger partial charge on any atom is -0.354 e. The number of carbonyl (C=O) groups is 2. The molecule has 0 aliphatic carbocycles. The number of halogens is 2. The van der Waals surface area contributed by atoms with Crippen molar-refractivity contribution in [3.8, 4) is 0 Å². The minimum absolute atomic E-state index is 0.00230. The zero-order valence-corrected chi connectivity index (χ0v) is 26.2. The van der Waals surface area contributed by atoms with Gasteiger partial charge in [-0.15, -0.1) is 0 Å². The fourth-order valence-electron chi connectivity index (χ4n) is 4.70. The number of nitrogens with zero attached hydrogens (tertiary/aromatic N) is 2. The highest BCUT2D eigenvalue weighted by Crippen LogP contribution is 2.27. The maximum absolute atomic E-state index is 14.4.